The highest BCUT2D eigenvalue weighted by atomic mass is 16.3. The molecule has 9 aromatic carbocycles. The average Bonchev–Trinajstić information content (AvgIpc) is 3.95. The summed E-state index contributed by atoms with van der Waals surface area (Å²) in [7, 11) is 0. The second-order valence-electron chi connectivity index (χ2n) is 14.4. The Morgan fingerprint density at radius 2 is 1.04 bits per heavy atom. The zero-order chi connectivity index (χ0) is 34.4. The van der Waals surface area contributed by atoms with Crippen molar-refractivity contribution in [3.63, 3.8) is 0 Å². The number of hydrogen-bond donors (Lipinski definition) is 0. The number of hydrogen-bond acceptors (Lipinski definition) is 1. The number of fused-ring (bicyclic) bond motifs is 15. The van der Waals surface area contributed by atoms with Crippen molar-refractivity contribution in [2.45, 2.75) is 0 Å². The van der Waals surface area contributed by atoms with Crippen LogP contribution in [-0.4, -0.2) is 9.13 Å². The Balaban J connectivity index is 1.25. The van der Waals surface area contributed by atoms with Gasteiger partial charge in [-0.25, -0.2) is 0 Å². The van der Waals surface area contributed by atoms with Gasteiger partial charge in [0.15, 0.2) is 0 Å². The van der Waals surface area contributed by atoms with E-state index in [0.29, 0.717) is 0 Å². The maximum absolute atomic E-state index is 6.51. The lowest BCUT2D eigenvalue weighted by molar-refractivity contribution is 0.669. The monoisotopic (exact) mass is 672 g/mol. The summed E-state index contributed by atoms with van der Waals surface area (Å²) in [6, 6.07) is 62.3. The van der Waals surface area contributed by atoms with Crippen molar-refractivity contribution in [2.24, 2.45) is 0 Å². The largest absolute Gasteiger partial charge is 0.456 e. The predicted molar refractivity (Wildman–Crippen MR) is 222 cm³/mol. The minimum atomic E-state index is 0.910. The van der Waals surface area contributed by atoms with Gasteiger partial charge in [-0.15, -0.1) is 0 Å². The van der Waals surface area contributed by atoms with Gasteiger partial charge in [-0.05, 0) is 86.9 Å². The Labute approximate surface area is 303 Å². The average molecular weight is 673 g/mol. The van der Waals surface area contributed by atoms with E-state index in [2.05, 4.69) is 179 Å². The van der Waals surface area contributed by atoms with Crippen molar-refractivity contribution in [2.75, 3.05) is 0 Å². The van der Waals surface area contributed by atoms with Gasteiger partial charge in [-0.3, -0.25) is 0 Å². The Morgan fingerprint density at radius 1 is 0.340 bits per heavy atom. The molecule has 0 spiro atoms. The molecule has 53 heavy (non-hydrogen) atoms. The normalized spacial score (nSPS) is 12.5. The van der Waals surface area contributed by atoms with Crippen LogP contribution in [0.3, 0.4) is 0 Å². The molecule has 244 valence electrons. The van der Waals surface area contributed by atoms with E-state index in [-0.39, 0.29) is 0 Å². The lowest BCUT2D eigenvalue weighted by Gasteiger charge is -2.14. The number of rotatable bonds is 2. The molecule has 0 saturated heterocycles. The molecule has 0 amide bonds. The molecule has 12 aromatic rings. The van der Waals surface area contributed by atoms with Gasteiger partial charge in [-0.1, -0.05) is 121 Å². The summed E-state index contributed by atoms with van der Waals surface area (Å²) >= 11 is 0. The molecule has 1 aliphatic rings. The third-order valence-corrected chi connectivity index (χ3v) is 11.8. The Hall–Kier alpha value is -7.10. The van der Waals surface area contributed by atoms with Gasteiger partial charge < -0.3 is 13.6 Å². The molecule has 0 aliphatic heterocycles. The molecule has 0 fully saturated rings. The van der Waals surface area contributed by atoms with Gasteiger partial charge in [0.2, 0.25) is 0 Å². The Bertz CT molecular complexity index is 3540. The number of benzene rings is 9. The summed E-state index contributed by atoms with van der Waals surface area (Å²) in [6.07, 6.45) is 0. The number of para-hydroxylation sites is 2. The zero-order valence-electron chi connectivity index (χ0n) is 28.5. The van der Waals surface area contributed by atoms with Crippen LogP contribution in [0.15, 0.2) is 174 Å². The first-order valence-corrected chi connectivity index (χ1v) is 18.3. The second kappa shape index (κ2) is 9.81. The van der Waals surface area contributed by atoms with Gasteiger partial charge in [0, 0.05) is 43.4 Å². The van der Waals surface area contributed by atoms with Crippen LogP contribution in [0.4, 0.5) is 0 Å². The van der Waals surface area contributed by atoms with Gasteiger partial charge in [-0.2, -0.15) is 0 Å². The fourth-order valence-electron chi connectivity index (χ4n) is 9.69. The minimum absolute atomic E-state index is 0.910. The smallest absolute Gasteiger partial charge is 0.136 e. The van der Waals surface area contributed by atoms with E-state index in [1.165, 1.54) is 93.1 Å². The Kier molecular flexibility index (Phi) is 5.11. The topological polar surface area (TPSA) is 23.0 Å². The predicted octanol–water partition coefficient (Wildman–Crippen LogP) is 13.7. The molecule has 3 aromatic heterocycles. The first kappa shape index (κ1) is 27.6. The van der Waals surface area contributed by atoms with Gasteiger partial charge in [0.25, 0.3) is 0 Å². The van der Waals surface area contributed by atoms with E-state index >= 15 is 0 Å². The van der Waals surface area contributed by atoms with Crippen molar-refractivity contribution in [3.8, 4) is 33.6 Å². The van der Waals surface area contributed by atoms with Gasteiger partial charge >= 0.3 is 0 Å². The molecule has 0 unspecified atom stereocenters. The van der Waals surface area contributed by atoms with Gasteiger partial charge in [0.05, 0.1) is 27.8 Å². The fourth-order valence-corrected chi connectivity index (χ4v) is 9.69. The van der Waals surface area contributed by atoms with Crippen LogP contribution in [0.25, 0.3) is 121 Å². The van der Waals surface area contributed by atoms with Crippen molar-refractivity contribution in [1.29, 1.82) is 0 Å². The standard InChI is InChI=1S/C50H28N2O/c1-2-11-30-28-31(21-20-29(30)10-1)51-40-18-7-5-14-37(40)48-43(51)25-23-39-47-42(26-27-45-49(47)38-15-6-8-19-44(38)53-45)52(50(39)48)41-24-22-35-33-13-4-3-12-32(33)34-16-9-17-36(41)46(34)35/h1-28H. The summed E-state index contributed by atoms with van der Waals surface area (Å²) in [5.41, 5.74) is 14.1. The van der Waals surface area contributed by atoms with E-state index in [1.54, 1.807) is 0 Å². The summed E-state index contributed by atoms with van der Waals surface area (Å²) in [6.45, 7) is 0. The van der Waals surface area contributed by atoms with Crippen molar-refractivity contribution in [1.82, 2.24) is 9.13 Å². The highest BCUT2D eigenvalue weighted by Crippen LogP contribution is 2.51. The van der Waals surface area contributed by atoms with Gasteiger partial charge in [0.1, 0.15) is 11.2 Å². The SMILES string of the molecule is c1ccc2c(c1)-c1cccc3c(-n4c5ccc6oc7ccccc7c6c5c5ccc6c(c7ccccc7n6-c6ccc7ccccc7c6)c54)ccc-2c13. The lowest BCUT2D eigenvalue weighted by atomic mass is 10.0. The summed E-state index contributed by atoms with van der Waals surface area (Å²) in [5, 5.41) is 12.3. The summed E-state index contributed by atoms with van der Waals surface area (Å²) in [5.74, 6) is 0. The molecule has 3 heterocycles. The maximum atomic E-state index is 6.51. The van der Waals surface area contributed by atoms with E-state index in [4.69, 9.17) is 4.42 Å². The highest BCUT2D eigenvalue weighted by molar-refractivity contribution is 6.33. The van der Waals surface area contributed by atoms with Crippen LogP contribution in [-0.2, 0) is 0 Å². The lowest BCUT2D eigenvalue weighted by Crippen LogP contribution is -1.97. The number of furan rings is 1. The molecule has 0 bridgehead atoms. The molecular formula is C50H28N2O. The second-order valence-corrected chi connectivity index (χ2v) is 14.4. The van der Waals surface area contributed by atoms with Crippen LogP contribution in [0.1, 0.15) is 0 Å². The maximum Gasteiger partial charge on any atom is 0.136 e. The quantitative estimate of drug-likeness (QED) is 0.179. The molecule has 13 rings (SSSR count). The van der Waals surface area contributed by atoms with Crippen LogP contribution < -0.4 is 0 Å². The summed E-state index contributed by atoms with van der Waals surface area (Å²) < 4.78 is 11.5. The van der Waals surface area contributed by atoms with Crippen molar-refractivity contribution < 1.29 is 4.42 Å². The molecule has 1 aliphatic carbocycles. The Morgan fingerprint density at radius 3 is 1.94 bits per heavy atom. The highest BCUT2D eigenvalue weighted by Gasteiger charge is 2.27. The summed E-state index contributed by atoms with van der Waals surface area (Å²) in [4.78, 5) is 0. The third kappa shape index (κ3) is 3.44. The molecule has 3 nitrogen and oxygen atoms in total. The first-order chi connectivity index (χ1) is 26.3. The van der Waals surface area contributed by atoms with E-state index in [1.807, 2.05) is 0 Å². The van der Waals surface area contributed by atoms with E-state index in [0.717, 1.165) is 27.6 Å². The van der Waals surface area contributed by atoms with Crippen LogP contribution in [0, 0.1) is 0 Å². The van der Waals surface area contributed by atoms with Crippen LogP contribution >= 0.6 is 0 Å². The minimum Gasteiger partial charge on any atom is -0.456 e. The first-order valence-electron chi connectivity index (χ1n) is 18.3. The van der Waals surface area contributed by atoms with Crippen molar-refractivity contribution in [3.05, 3.63) is 170 Å². The molecule has 0 N–H and O–H groups in total. The molecule has 0 radical (unpaired) electrons. The molecular weight excluding hydrogens is 645 g/mol. The molecule has 0 saturated carbocycles. The van der Waals surface area contributed by atoms with Crippen LogP contribution in [0.5, 0.6) is 0 Å². The fraction of sp³-hybridized carbons (Fsp3) is 0. The molecule has 0 atom stereocenters. The molecule has 3 heteroatoms. The van der Waals surface area contributed by atoms with Crippen molar-refractivity contribution >= 4 is 87.1 Å². The number of aromatic nitrogens is 2. The van der Waals surface area contributed by atoms with E-state index < -0.39 is 0 Å². The number of nitrogens with zero attached hydrogens (tertiary/aromatic N) is 2. The van der Waals surface area contributed by atoms with E-state index in [9.17, 15) is 0 Å². The zero-order valence-corrected chi connectivity index (χ0v) is 28.5. The third-order valence-electron chi connectivity index (χ3n) is 11.8. The van der Waals surface area contributed by atoms with Crippen LogP contribution in [0.2, 0.25) is 0 Å².